The molecule has 3 nitrogen and oxygen atoms in total. The van der Waals surface area contributed by atoms with Gasteiger partial charge in [-0.3, -0.25) is 4.21 Å². The van der Waals surface area contributed by atoms with Crippen LogP contribution in [0.1, 0.15) is 47.9 Å². The van der Waals surface area contributed by atoms with E-state index < -0.39 is 10.8 Å². The summed E-state index contributed by atoms with van der Waals surface area (Å²) in [6, 6.07) is 7.78. The van der Waals surface area contributed by atoms with Crippen molar-refractivity contribution >= 4 is 22.1 Å². The smallest absolute Gasteiger partial charge is 0.119 e. The van der Waals surface area contributed by atoms with Crippen LogP contribution in [0.3, 0.4) is 0 Å². The number of aromatic nitrogens is 1. The van der Waals surface area contributed by atoms with Crippen LogP contribution in [-0.4, -0.2) is 16.3 Å². The lowest BCUT2D eigenvalue weighted by atomic mass is 10.1. The Bertz CT molecular complexity index is 648. The third-order valence-corrected chi connectivity index (χ3v) is 6.37. The molecule has 1 heterocycles. The van der Waals surface area contributed by atoms with E-state index in [1.165, 1.54) is 30.7 Å². The zero-order chi connectivity index (χ0) is 15.4. The summed E-state index contributed by atoms with van der Waals surface area (Å²) in [6.45, 7) is 0. The molecule has 1 unspecified atom stereocenters. The summed E-state index contributed by atoms with van der Waals surface area (Å²) in [5.41, 5.74) is 2.03. The Hall–Kier alpha value is -1.20. The number of ether oxygens (including phenoxy) is 1. The monoisotopic (exact) mass is 335 g/mol. The number of benzene rings is 1. The van der Waals surface area contributed by atoms with Crippen LogP contribution in [0.5, 0.6) is 5.75 Å². The van der Waals surface area contributed by atoms with Gasteiger partial charge in [-0.15, -0.1) is 11.3 Å². The molecule has 118 valence electrons. The SMILES string of the molecule is COc1cccc(CS(=O)Cc2csc(C3CCCC3)n2)c1. The molecule has 22 heavy (non-hydrogen) atoms. The fourth-order valence-corrected chi connectivity index (χ4v) is 5.14. The van der Waals surface area contributed by atoms with Crippen LogP contribution in [0.25, 0.3) is 0 Å². The second-order valence-electron chi connectivity index (χ2n) is 5.74. The van der Waals surface area contributed by atoms with Crippen LogP contribution in [0.2, 0.25) is 0 Å². The molecule has 3 rings (SSSR count). The molecular formula is C17H21NO2S2. The van der Waals surface area contributed by atoms with Crippen LogP contribution in [0.15, 0.2) is 29.6 Å². The number of nitrogens with zero attached hydrogens (tertiary/aromatic N) is 1. The standard InChI is InChI=1S/C17H21NO2S2/c1-20-16-8-4-5-13(9-16)11-22(19)12-15-10-21-17(18-15)14-6-2-3-7-14/h4-5,8-10,14H,2-3,6-7,11-12H2,1H3. The van der Waals surface area contributed by atoms with Gasteiger partial charge in [0.1, 0.15) is 5.75 Å². The van der Waals surface area contributed by atoms with Crippen molar-refractivity contribution in [1.29, 1.82) is 0 Å². The zero-order valence-electron chi connectivity index (χ0n) is 12.8. The van der Waals surface area contributed by atoms with E-state index in [1.807, 2.05) is 24.3 Å². The molecule has 0 radical (unpaired) electrons. The molecule has 1 aromatic heterocycles. The van der Waals surface area contributed by atoms with Gasteiger partial charge in [-0.2, -0.15) is 0 Å². The Labute approximate surface area is 138 Å². The summed E-state index contributed by atoms with van der Waals surface area (Å²) in [6.07, 6.45) is 5.17. The van der Waals surface area contributed by atoms with E-state index in [0.717, 1.165) is 17.0 Å². The van der Waals surface area contributed by atoms with Crippen molar-refractivity contribution in [2.45, 2.75) is 43.1 Å². The van der Waals surface area contributed by atoms with E-state index in [4.69, 9.17) is 9.72 Å². The minimum Gasteiger partial charge on any atom is -0.497 e. The van der Waals surface area contributed by atoms with E-state index in [-0.39, 0.29) is 0 Å². The van der Waals surface area contributed by atoms with Crippen molar-refractivity contribution in [3.05, 3.63) is 45.9 Å². The molecule has 0 saturated heterocycles. The largest absolute Gasteiger partial charge is 0.497 e. The average molecular weight is 335 g/mol. The van der Waals surface area contributed by atoms with Gasteiger partial charge in [0.25, 0.3) is 0 Å². The normalized spacial score (nSPS) is 16.8. The van der Waals surface area contributed by atoms with Gasteiger partial charge < -0.3 is 4.74 Å². The second-order valence-corrected chi connectivity index (χ2v) is 8.09. The highest BCUT2D eigenvalue weighted by Gasteiger charge is 2.20. The third kappa shape index (κ3) is 3.96. The molecule has 0 bridgehead atoms. The number of thiazole rings is 1. The Kier molecular flexibility index (Phi) is 5.26. The van der Waals surface area contributed by atoms with E-state index >= 15 is 0 Å². The van der Waals surface area contributed by atoms with Gasteiger partial charge in [-0.1, -0.05) is 25.0 Å². The summed E-state index contributed by atoms with van der Waals surface area (Å²) in [4.78, 5) is 4.71. The predicted octanol–water partition coefficient (Wildman–Crippen LogP) is 4.26. The Morgan fingerprint density at radius 3 is 2.91 bits per heavy atom. The molecule has 1 aliphatic rings. The van der Waals surface area contributed by atoms with Gasteiger partial charge in [0, 0.05) is 27.9 Å². The predicted molar refractivity (Wildman–Crippen MR) is 91.9 cm³/mol. The quantitative estimate of drug-likeness (QED) is 0.792. The minimum absolute atomic E-state index is 0.542. The Balaban J connectivity index is 1.59. The van der Waals surface area contributed by atoms with E-state index in [0.29, 0.717) is 17.4 Å². The van der Waals surface area contributed by atoms with Gasteiger partial charge >= 0.3 is 0 Å². The maximum atomic E-state index is 12.3. The van der Waals surface area contributed by atoms with Gasteiger partial charge in [-0.05, 0) is 30.5 Å². The van der Waals surface area contributed by atoms with E-state index in [1.54, 1.807) is 18.4 Å². The number of hydrogen-bond donors (Lipinski definition) is 0. The van der Waals surface area contributed by atoms with Crippen molar-refractivity contribution in [3.63, 3.8) is 0 Å². The number of rotatable bonds is 6. The summed E-state index contributed by atoms with van der Waals surface area (Å²) >= 11 is 1.74. The van der Waals surface area contributed by atoms with Crippen LogP contribution < -0.4 is 4.74 Å². The van der Waals surface area contributed by atoms with Gasteiger partial charge in [0.15, 0.2) is 0 Å². The lowest BCUT2D eigenvalue weighted by molar-refractivity contribution is 0.414. The molecule has 0 spiro atoms. The van der Waals surface area contributed by atoms with Crippen LogP contribution in [0.4, 0.5) is 0 Å². The molecule has 5 heteroatoms. The fraction of sp³-hybridized carbons (Fsp3) is 0.471. The molecule has 2 aromatic rings. The van der Waals surface area contributed by atoms with Gasteiger partial charge in [-0.25, -0.2) is 4.98 Å². The molecule has 1 saturated carbocycles. The van der Waals surface area contributed by atoms with Crippen molar-refractivity contribution in [3.8, 4) is 5.75 Å². The van der Waals surface area contributed by atoms with E-state index in [2.05, 4.69) is 5.38 Å². The maximum Gasteiger partial charge on any atom is 0.119 e. The lowest BCUT2D eigenvalue weighted by Gasteiger charge is -2.05. The van der Waals surface area contributed by atoms with Crippen molar-refractivity contribution in [1.82, 2.24) is 4.98 Å². The Morgan fingerprint density at radius 2 is 2.14 bits per heavy atom. The molecule has 1 fully saturated rings. The topological polar surface area (TPSA) is 39.2 Å². The van der Waals surface area contributed by atoms with Crippen molar-refractivity contribution in [2.24, 2.45) is 0 Å². The third-order valence-electron chi connectivity index (χ3n) is 4.04. The second kappa shape index (κ2) is 7.38. The molecule has 1 aliphatic carbocycles. The van der Waals surface area contributed by atoms with Gasteiger partial charge in [0.05, 0.1) is 23.6 Å². The van der Waals surface area contributed by atoms with Crippen LogP contribution in [-0.2, 0) is 22.3 Å². The minimum atomic E-state index is -0.932. The first kappa shape index (κ1) is 15.7. The summed E-state index contributed by atoms with van der Waals surface area (Å²) in [5, 5.41) is 3.32. The molecular weight excluding hydrogens is 314 g/mol. The molecule has 1 aromatic carbocycles. The van der Waals surface area contributed by atoms with Gasteiger partial charge in [0.2, 0.25) is 0 Å². The van der Waals surface area contributed by atoms with E-state index in [9.17, 15) is 4.21 Å². The summed E-state index contributed by atoms with van der Waals surface area (Å²) in [7, 11) is 0.717. The summed E-state index contributed by atoms with van der Waals surface area (Å²) in [5.74, 6) is 2.55. The number of methoxy groups -OCH3 is 1. The average Bonchev–Trinajstić information content (AvgIpc) is 3.18. The number of hydrogen-bond acceptors (Lipinski definition) is 4. The summed E-state index contributed by atoms with van der Waals surface area (Å²) < 4.78 is 17.6. The Morgan fingerprint density at radius 1 is 1.32 bits per heavy atom. The highest BCUT2D eigenvalue weighted by atomic mass is 32.2. The lowest BCUT2D eigenvalue weighted by Crippen LogP contribution is -2.01. The first-order chi connectivity index (χ1) is 10.7. The fourth-order valence-electron chi connectivity index (χ4n) is 2.91. The van der Waals surface area contributed by atoms with Crippen molar-refractivity contribution < 1.29 is 8.95 Å². The van der Waals surface area contributed by atoms with Crippen LogP contribution >= 0.6 is 11.3 Å². The highest BCUT2D eigenvalue weighted by Crippen LogP contribution is 2.35. The molecule has 0 amide bonds. The van der Waals surface area contributed by atoms with Crippen LogP contribution in [0, 0.1) is 0 Å². The molecule has 0 N–H and O–H groups in total. The molecule has 1 atom stereocenters. The molecule has 0 aliphatic heterocycles. The first-order valence-corrected chi connectivity index (χ1v) is 10.0. The maximum absolute atomic E-state index is 12.3. The highest BCUT2D eigenvalue weighted by molar-refractivity contribution is 7.83. The zero-order valence-corrected chi connectivity index (χ0v) is 14.4. The van der Waals surface area contributed by atoms with Crippen molar-refractivity contribution in [2.75, 3.05) is 7.11 Å². The first-order valence-electron chi connectivity index (χ1n) is 7.67.